The summed E-state index contributed by atoms with van der Waals surface area (Å²) >= 11 is 1.84. The minimum Gasteiger partial charge on any atom is -0.312 e. The maximum Gasteiger partial charge on any atom is 0.0683 e. The topological polar surface area (TPSA) is 35.8 Å². The van der Waals surface area contributed by atoms with Crippen molar-refractivity contribution < 1.29 is 0 Å². The molecule has 0 aliphatic heterocycles. The second kappa shape index (κ2) is 6.03. The third-order valence-electron chi connectivity index (χ3n) is 2.55. The first-order chi connectivity index (χ1) is 7.53. The standard InChI is InChI=1S/C13H20N2S/c1-11-5-6-12(16-11)9-15-8-4-7-13(2,3)10-14/h5-6,15H,4,7-9H2,1-3H3. The van der Waals surface area contributed by atoms with Crippen molar-refractivity contribution in [3.05, 3.63) is 21.9 Å². The summed E-state index contributed by atoms with van der Waals surface area (Å²) in [7, 11) is 0. The molecule has 1 aromatic rings. The smallest absolute Gasteiger partial charge is 0.0683 e. The Morgan fingerprint density at radius 3 is 2.75 bits per heavy atom. The summed E-state index contributed by atoms with van der Waals surface area (Å²) in [4.78, 5) is 2.75. The molecule has 0 atom stereocenters. The molecular weight excluding hydrogens is 216 g/mol. The van der Waals surface area contributed by atoms with Gasteiger partial charge in [0.2, 0.25) is 0 Å². The first-order valence-electron chi connectivity index (χ1n) is 5.71. The van der Waals surface area contributed by atoms with Crippen molar-refractivity contribution in [2.45, 2.75) is 40.2 Å². The molecule has 0 spiro atoms. The highest BCUT2D eigenvalue weighted by atomic mass is 32.1. The number of hydrogen-bond donors (Lipinski definition) is 1. The molecule has 3 heteroatoms. The second-order valence-corrected chi connectivity index (χ2v) is 6.16. The minimum atomic E-state index is -0.179. The molecule has 0 fully saturated rings. The van der Waals surface area contributed by atoms with E-state index in [9.17, 15) is 0 Å². The van der Waals surface area contributed by atoms with Crippen LogP contribution in [0.1, 0.15) is 36.4 Å². The van der Waals surface area contributed by atoms with Gasteiger partial charge in [0.15, 0.2) is 0 Å². The zero-order valence-corrected chi connectivity index (χ0v) is 11.2. The summed E-state index contributed by atoms with van der Waals surface area (Å²) in [5, 5.41) is 12.3. The van der Waals surface area contributed by atoms with Crippen molar-refractivity contribution in [1.29, 1.82) is 5.26 Å². The van der Waals surface area contributed by atoms with E-state index in [1.165, 1.54) is 9.75 Å². The van der Waals surface area contributed by atoms with E-state index in [4.69, 9.17) is 5.26 Å². The lowest BCUT2D eigenvalue weighted by atomic mass is 9.90. The molecule has 0 bridgehead atoms. The van der Waals surface area contributed by atoms with E-state index in [1.54, 1.807) is 0 Å². The number of hydrogen-bond acceptors (Lipinski definition) is 3. The predicted octanol–water partition coefficient (Wildman–Crippen LogP) is 3.48. The molecule has 0 amide bonds. The van der Waals surface area contributed by atoms with Crippen molar-refractivity contribution in [2.24, 2.45) is 5.41 Å². The molecule has 0 saturated heterocycles. The summed E-state index contributed by atoms with van der Waals surface area (Å²) in [5.41, 5.74) is -0.179. The SMILES string of the molecule is Cc1ccc(CNCCCC(C)(C)C#N)s1. The van der Waals surface area contributed by atoms with Gasteiger partial charge in [-0.3, -0.25) is 0 Å². The van der Waals surface area contributed by atoms with Crippen LogP contribution in [-0.2, 0) is 6.54 Å². The van der Waals surface area contributed by atoms with Crippen LogP contribution in [0.4, 0.5) is 0 Å². The molecular formula is C13H20N2S. The average Bonchev–Trinajstić information content (AvgIpc) is 2.64. The van der Waals surface area contributed by atoms with E-state index in [1.807, 2.05) is 25.2 Å². The molecule has 0 unspecified atom stereocenters. The zero-order chi connectivity index (χ0) is 12.0. The van der Waals surface area contributed by atoms with E-state index in [0.29, 0.717) is 0 Å². The van der Waals surface area contributed by atoms with Crippen LogP contribution in [-0.4, -0.2) is 6.54 Å². The van der Waals surface area contributed by atoms with E-state index < -0.39 is 0 Å². The fourth-order valence-corrected chi connectivity index (χ4v) is 2.36. The van der Waals surface area contributed by atoms with Crippen LogP contribution in [0.2, 0.25) is 0 Å². The predicted molar refractivity (Wildman–Crippen MR) is 69.4 cm³/mol. The van der Waals surface area contributed by atoms with E-state index in [0.717, 1.165) is 25.9 Å². The Bertz CT molecular complexity index is 360. The molecule has 1 N–H and O–H groups in total. The number of rotatable bonds is 6. The first-order valence-corrected chi connectivity index (χ1v) is 6.52. The van der Waals surface area contributed by atoms with Gasteiger partial charge in [-0.15, -0.1) is 11.3 Å². The van der Waals surface area contributed by atoms with Gasteiger partial charge in [-0.05, 0) is 52.3 Å². The van der Waals surface area contributed by atoms with Crippen LogP contribution in [0.15, 0.2) is 12.1 Å². The Morgan fingerprint density at radius 1 is 1.44 bits per heavy atom. The first kappa shape index (κ1) is 13.2. The Labute approximate surface area is 102 Å². The monoisotopic (exact) mass is 236 g/mol. The highest BCUT2D eigenvalue weighted by Gasteiger charge is 2.15. The van der Waals surface area contributed by atoms with Gasteiger partial charge >= 0.3 is 0 Å². The largest absolute Gasteiger partial charge is 0.312 e. The van der Waals surface area contributed by atoms with Crippen LogP contribution in [0.3, 0.4) is 0 Å². The van der Waals surface area contributed by atoms with Crippen molar-refractivity contribution in [3.8, 4) is 6.07 Å². The number of nitrogens with zero attached hydrogens (tertiary/aromatic N) is 1. The molecule has 1 heterocycles. The second-order valence-electron chi connectivity index (χ2n) is 4.79. The molecule has 2 nitrogen and oxygen atoms in total. The molecule has 0 aliphatic carbocycles. The van der Waals surface area contributed by atoms with Crippen LogP contribution < -0.4 is 5.32 Å². The molecule has 88 valence electrons. The summed E-state index contributed by atoms with van der Waals surface area (Å²) in [5.74, 6) is 0. The lowest BCUT2D eigenvalue weighted by Gasteiger charge is -2.14. The number of aryl methyl sites for hydroxylation is 1. The zero-order valence-electron chi connectivity index (χ0n) is 10.3. The number of thiophene rings is 1. The Kier molecular flexibility index (Phi) is 4.98. The molecule has 16 heavy (non-hydrogen) atoms. The summed E-state index contributed by atoms with van der Waals surface area (Å²) in [6.07, 6.45) is 2.02. The molecule has 0 aromatic carbocycles. The fraction of sp³-hybridized carbons (Fsp3) is 0.615. The Hall–Kier alpha value is -0.850. The summed E-state index contributed by atoms with van der Waals surface area (Å²) < 4.78 is 0. The van der Waals surface area contributed by atoms with Gasteiger partial charge in [0, 0.05) is 16.3 Å². The lowest BCUT2D eigenvalue weighted by Crippen LogP contribution is -2.17. The molecule has 0 radical (unpaired) electrons. The van der Waals surface area contributed by atoms with Crippen molar-refractivity contribution in [3.63, 3.8) is 0 Å². The van der Waals surface area contributed by atoms with Gasteiger partial charge in [0.1, 0.15) is 0 Å². The Balaban J connectivity index is 2.11. The van der Waals surface area contributed by atoms with Crippen molar-refractivity contribution in [1.82, 2.24) is 5.32 Å². The molecule has 1 rings (SSSR count). The highest BCUT2D eigenvalue weighted by Crippen LogP contribution is 2.20. The van der Waals surface area contributed by atoms with Gasteiger partial charge in [-0.25, -0.2) is 0 Å². The number of nitrogens with one attached hydrogen (secondary N) is 1. The number of nitriles is 1. The maximum atomic E-state index is 8.86. The fourth-order valence-electron chi connectivity index (χ4n) is 1.50. The maximum absolute atomic E-state index is 8.86. The quantitative estimate of drug-likeness (QED) is 0.768. The van der Waals surface area contributed by atoms with Gasteiger partial charge < -0.3 is 5.32 Å². The highest BCUT2D eigenvalue weighted by molar-refractivity contribution is 7.11. The minimum absolute atomic E-state index is 0.179. The van der Waals surface area contributed by atoms with Crippen LogP contribution in [0.25, 0.3) is 0 Å². The molecule has 0 saturated carbocycles. The van der Waals surface area contributed by atoms with Gasteiger partial charge in [0.05, 0.1) is 11.5 Å². The summed E-state index contributed by atoms with van der Waals surface area (Å²) in [6.45, 7) is 8.06. The third-order valence-corrected chi connectivity index (χ3v) is 3.55. The van der Waals surface area contributed by atoms with Crippen molar-refractivity contribution in [2.75, 3.05) is 6.54 Å². The average molecular weight is 236 g/mol. The van der Waals surface area contributed by atoms with E-state index in [2.05, 4.69) is 30.4 Å². The van der Waals surface area contributed by atoms with Crippen LogP contribution >= 0.6 is 11.3 Å². The van der Waals surface area contributed by atoms with Crippen LogP contribution in [0, 0.1) is 23.7 Å². The van der Waals surface area contributed by atoms with Gasteiger partial charge in [-0.2, -0.15) is 5.26 Å². The van der Waals surface area contributed by atoms with E-state index in [-0.39, 0.29) is 5.41 Å². The van der Waals surface area contributed by atoms with Gasteiger partial charge in [0.25, 0.3) is 0 Å². The third kappa shape index (κ3) is 4.78. The van der Waals surface area contributed by atoms with Gasteiger partial charge in [-0.1, -0.05) is 0 Å². The Morgan fingerprint density at radius 2 is 2.19 bits per heavy atom. The molecule has 0 aliphatic rings. The van der Waals surface area contributed by atoms with Crippen molar-refractivity contribution >= 4 is 11.3 Å². The molecule has 1 aromatic heterocycles. The normalized spacial score (nSPS) is 11.4. The van der Waals surface area contributed by atoms with E-state index >= 15 is 0 Å². The van der Waals surface area contributed by atoms with Crippen LogP contribution in [0.5, 0.6) is 0 Å². The summed E-state index contributed by atoms with van der Waals surface area (Å²) in [6, 6.07) is 6.65. The lowest BCUT2D eigenvalue weighted by molar-refractivity contribution is 0.426.